The van der Waals surface area contributed by atoms with Crippen LogP contribution < -0.4 is 5.32 Å². The zero-order chi connectivity index (χ0) is 16.1. The first-order valence-corrected chi connectivity index (χ1v) is 8.46. The molecule has 0 unspecified atom stereocenters. The third-order valence-corrected chi connectivity index (χ3v) is 4.45. The van der Waals surface area contributed by atoms with Crippen molar-refractivity contribution in [2.24, 2.45) is 5.92 Å². The maximum atomic E-state index is 4.66. The molecular formula is C18H25N5. The van der Waals surface area contributed by atoms with Gasteiger partial charge in [0.05, 0.1) is 0 Å². The molecule has 5 nitrogen and oxygen atoms in total. The summed E-state index contributed by atoms with van der Waals surface area (Å²) in [4.78, 5) is 16.0. The van der Waals surface area contributed by atoms with Crippen LogP contribution in [0.4, 0.5) is 5.82 Å². The number of nitrogens with one attached hydrogen (secondary N) is 1. The van der Waals surface area contributed by atoms with E-state index >= 15 is 0 Å². The first-order valence-electron chi connectivity index (χ1n) is 8.46. The van der Waals surface area contributed by atoms with Gasteiger partial charge >= 0.3 is 0 Å². The summed E-state index contributed by atoms with van der Waals surface area (Å²) in [7, 11) is 2.20. The normalized spacial score (nSPS) is 16.4. The SMILES string of the molecule is CCc1cc(NCC2CCN(C)CC2)nc(-c2ccccn2)n1. The van der Waals surface area contributed by atoms with E-state index < -0.39 is 0 Å². The highest BCUT2D eigenvalue weighted by Crippen LogP contribution is 2.19. The fourth-order valence-corrected chi connectivity index (χ4v) is 2.89. The largest absolute Gasteiger partial charge is 0.370 e. The molecule has 1 aliphatic rings. The van der Waals surface area contributed by atoms with Crippen molar-refractivity contribution in [3.8, 4) is 11.5 Å². The van der Waals surface area contributed by atoms with Gasteiger partial charge in [0.25, 0.3) is 0 Å². The van der Waals surface area contributed by atoms with Gasteiger partial charge in [-0.15, -0.1) is 0 Å². The first kappa shape index (κ1) is 15.9. The van der Waals surface area contributed by atoms with Crippen molar-refractivity contribution < 1.29 is 0 Å². The fourth-order valence-electron chi connectivity index (χ4n) is 2.89. The van der Waals surface area contributed by atoms with Crippen molar-refractivity contribution in [3.63, 3.8) is 0 Å². The summed E-state index contributed by atoms with van der Waals surface area (Å²) in [5, 5.41) is 3.52. The zero-order valence-electron chi connectivity index (χ0n) is 14.0. The van der Waals surface area contributed by atoms with Gasteiger partial charge in [-0.05, 0) is 57.5 Å². The number of likely N-dealkylation sites (tertiary alicyclic amines) is 1. The maximum Gasteiger partial charge on any atom is 0.180 e. The summed E-state index contributed by atoms with van der Waals surface area (Å²) in [6.07, 6.45) is 5.18. The molecule has 2 aromatic heterocycles. The lowest BCUT2D eigenvalue weighted by atomic mass is 9.97. The van der Waals surface area contributed by atoms with Crippen molar-refractivity contribution in [3.05, 3.63) is 36.2 Å². The van der Waals surface area contributed by atoms with Gasteiger partial charge < -0.3 is 10.2 Å². The highest BCUT2D eigenvalue weighted by molar-refractivity contribution is 5.52. The van der Waals surface area contributed by atoms with E-state index in [0.717, 1.165) is 36.1 Å². The number of hydrogen-bond donors (Lipinski definition) is 1. The quantitative estimate of drug-likeness (QED) is 0.920. The van der Waals surface area contributed by atoms with Crippen LogP contribution >= 0.6 is 0 Å². The topological polar surface area (TPSA) is 53.9 Å². The van der Waals surface area contributed by atoms with Crippen molar-refractivity contribution >= 4 is 5.82 Å². The Labute approximate surface area is 138 Å². The molecule has 0 bridgehead atoms. The lowest BCUT2D eigenvalue weighted by molar-refractivity contribution is 0.226. The summed E-state index contributed by atoms with van der Waals surface area (Å²) in [6.45, 7) is 5.48. The molecule has 23 heavy (non-hydrogen) atoms. The Morgan fingerprint density at radius 1 is 1.22 bits per heavy atom. The molecule has 0 atom stereocenters. The highest BCUT2D eigenvalue weighted by Gasteiger charge is 2.16. The summed E-state index contributed by atoms with van der Waals surface area (Å²) in [5.41, 5.74) is 1.87. The van der Waals surface area contributed by atoms with Crippen LogP contribution in [0.1, 0.15) is 25.5 Å². The lowest BCUT2D eigenvalue weighted by Gasteiger charge is -2.29. The number of hydrogen-bond acceptors (Lipinski definition) is 5. The summed E-state index contributed by atoms with van der Waals surface area (Å²) in [5.74, 6) is 2.34. The molecule has 0 radical (unpaired) electrons. The number of nitrogens with zero attached hydrogens (tertiary/aromatic N) is 4. The molecule has 122 valence electrons. The molecule has 0 saturated carbocycles. The average molecular weight is 311 g/mol. The van der Waals surface area contributed by atoms with Crippen LogP contribution in [0.25, 0.3) is 11.5 Å². The van der Waals surface area contributed by atoms with Crippen molar-refractivity contribution in [1.82, 2.24) is 19.9 Å². The standard InChI is InChI=1S/C18H25N5/c1-3-15-12-17(20-13-14-7-10-23(2)11-8-14)22-18(21-15)16-6-4-5-9-19-16/h4-6,9,12,14H,3,7-8,10-11,13H2,1-2H3,(H,20,21,22). The van der Waals surface area contributed by atoms with E-state index in [1.807, 2.05) is 18.2 Å². The van der Waals surface area contributed by atoms with Gasteiger partial charge in [0, 0.05) is 24.5 Å². The monoisotopic (exact) mass is 311 g/mol. The molecule has 0 spiro atoms. The van der Waals surface area contributed by atoms with Gasteiger partial charge in [-0.3, -0.25) is 4.98 Å². The van der Waals surface area contributed by atoms with E-state index in [4.69, 9.17) is 0 Å². The van der Waals surface area contributed by atoms with Crippen molar-refractivity contribution in [2.75, 3.05) is 32.0 Å². The van der Waals surface area contributed by atoms with Gasteiger partial charge in [0.15, 0.2) is 5.82 Å². The zero-order valence-corrected chi connectivity index (χ0v) is 14.0. The Kier molecular flexibility index (Phi) is 5.18. The summed E-state index contributed by atoms with van der Waals surface area (Å²) in [6, 6.07) is 7.89. The maximum absolute atomic E-state index is 4.66. The number of pyridine rings is 1. The Bertz CT molecular complexity index is 621. The average Bonchev–Trinajstić information content (AvgIpc) is 2.61. The van der Waals surface area contributed by atoms with Crippen LogP contribution in [0, 0.1) is 5.92 Å². The Morgan fingerprint density at radius 2 is 2.04 bits per heavy atom. The van der Waals surface area contributed by atoms with Crippen LogP contribution in [0.15, 0.2) is 30.5 Å². The minimum atomic E-state index is 0.704. The lowest BCUT2D eigenvalue weighted by Crippen LogP contribution is -2.33. The smallest absolute Gasteiger partial charge is 0.180 e. The molecule has 1 aliphatic heterocycles. The van der Waals surface area contributed by atoms with Crippen LogP contribution in [0.3, 0.4) is 0 Å². The second-order valence-electron chi connectivity index (χ2n) is 6.26. The van der Waals surface area contributed by atoms with Gasteiger partial charge in [0.1, 0.15) is 11.5 Å². The molecule has 0 amide bonds. The fraction of sp³-hybridized carbons (Fsp3) is 0.500. The van der Waals surface area contributed by atoms with E-state index in [-0.39, 0.29) is 0 Å². The number of aromatic nitrogens is 3. The number of rotatable bonds is 5. The van der Waals surface area contributed by atoms with E-state index in [1.165, 1.54) is 25.9 Å². The molecule has 5 heteroatoms. The number of aryl methyl sites for hydroxylation is 1. The van der Waals surface area contributed by atoms with E-state index in [1.54, 1.807) is 6.20 Å². The molecule has 1 N–H and O–H groups in total. The molecule has 0 aliphatic carbocycles. The van der Waals surface area contributed by atoms with E-state index in [0.29, 0.717) is 5.82 Å². The Morgan fingerprint density at radius 3 is 2.74 bits per heavy atom. The van der Waals surface area contributed by atoms with Gasteiger partial charge in [-0.1, -0.05) is 13.0 Å². The van der Waals surface area contributed by atoms with Crippen LogP contribution in [0.2, 0.25) is 0 Å². The van der Waals surface area contributed by atoms with Crippen molar-refractivity contribution in [1.29, 1.82) is 0 Å². The predicted molar refractivity (Wildman–Crippen MR) is 93.4 cm³/mol. The second-order valence-corrected chi connectivity index (χ2v) is 6.26. The Balaban J connectivity index is 1.71. The molecule has 3 heterocycles. The Hall–Kier alpha value is -2.01. The molecule has 2 aromatic rings. The summed E-state index contributed by atoms with van der Waals surface area (Å²) < 4.78 is 0. The molecule has 0 aromatic carbocycles. The molecular weight excluding hydrogens is 286 g/mol. The minimum absolute atomic E-state index is 0.704. The highest BCUT2D eigenvalue weighted by atomic mass is 15.1. The third-order valence-electron chi connectivity index (χ3n) is 4.45. The second kappa shape index (κ2) is 7.51. The molecule has 1 fully saturated rings. The van der Waals surface area contributed by atoms with Gasteiger partial charge in [-0.25, -0.2) is 9.97 Å². The number of anilines is 1. The van der Waals surface area contributed by atoms with E-state index in [9.17, 15) is 0 Å². The van der Waals surface area contributed by atoms with E-state index in [2.05, 4.69) is 45.2 Å². The van der Waals surface area contributed by atoms with Gasteiger partial charge in [-0.2, -0.15) is 0 Å². The van der Waals surface area contributed by atoms with Crippen LogP contribution in [0.5, 0.6) is 0 Å². The molecule has 3 rings (SSSR count). The van der Waals surface area contributed by atoms with Gasteiger partial charge in [0.2, 0.25) is 0 Å². The summed E-state index contributed by atoms with van der Waals surface area (Å²) >= 11 is 0. The minimum Gasteiger partial charge on any atom is -0.370 e. The van der Waals surface area contributed by atoms with Crippen LogP contribution in [-0.2, 0) is 6.42 Å². The van der Waals surface area contributed by atoms with Crippen molar-refractivity contribution in [2.45, 2.75) is 26.2 Å². The van der Waals surface area contributed by atoms with Crippen LogP contribution in [-0.4, -0.2) is 46.5 Å². The molecule has 1 saturated heterocycles. The predicted octanol–water partition coefficient (Wildman–Crippen LogP) is 2.85. The number of piperidine rings is 1. The first-order chi connectivity index (χ1) is 11.2. The third kappa shape index (κ3) is 4.26.